The Morgan fingerprint density at radius 3 is 2.50 bits per heavy atom. The quantitative estimate of drug-likeness (QED) is 0.892. The zero-order chi connectivity index (χ0) is 11.8. The van der Waals surface area contributed by atoms with Gasteiger partial charge in [0.05, 0.1) is 10.7 Å². The van der Waals surface area contributed by atoms with Crippen LogP contribution in [0.2, 0.25) is 5.02 Å². The summed E-state index contributed by atoms with van der Waals surface area (Å²) in [6.45, 7) is -1.34. The van der Waals surface area contributed by atoms with Gasteiger partial charge in [-0.15, -0.1) is 0 Å². The summed E-state index contributed by atoms with van der Waals surface area (Å²) in [5.74, 6) is 0.0315. The number of rotatable bonds is 3. The van der Waals surface area contributed by atoms with E-state index >= 15 is 0 Å². The fraction of sp³-hybridized carbons (Fsp3) is 0.200. The Hall–Kier alpha value is -1.36. The molecule has 16 heavy (non-hydrogen) atoms. The molecule has 0 fully saturated rings. The molecule has 0 unspecified atom stereocenters. The molecule has 1 heterocycles. The van der Waals surface area contributed by atoms with Crippen molar-refractivity contribution in [3.05, 3.63) is 35.0 Å². The Morgan fingerprint density at radius 2 is 2.00 bits per heavy atom. The molecular formula is C10H7ClF3NO. The van der Waals surface area contributed by atoms with Crippen molar-refractivity contribution in [2.75, 3.05) is 6.61 Å². The second kappa shape index (κ2) is 3.90. The van der Waals surface area contributed by atoms with Gasteiger partial charge in [0.15, 0.2) is 6.61 Å². The lowest BCUT2D eigenvalue weighted by atomic mass is 10.2. The van der Waals surface area contributed by atoms with Gasteiger partial charge in [-0.1, -0.05) is 11.6 Å². The van der Waals surface area contributed by atoms with Gasteiger partial charge in [0, 0.05) is 11.8 Å². The van der Waals surface area contributed by atoms with Crippen molar-refractivity contribution in [3.8, 4) is 5.75 Å². The van der Waals surface area contributed by atoms with Crippen LogP contribution in [0.3, 0.4) is 0 Å². The second-order valence-electron chi connectivity index (χ2n) is 3.25. The number of halogens is 4. The molecule has 0 radical (unpaired) electrons. The summed E-state index contributed by atoms with van der Waals surface area (Å²) >= 11 is 5.78. The van der Waals surface area contributed by atoms with Crippen LogP contribution in [0.4, 0.5) is 13.2 Å². The summed E-state index contributed by atoms with van der Waals surface area (Å²) in [5, 5.41) is 3.03. The van der Waals surface area contributed by atoms with E-state index < -0.39 is 12.8 Å². The van der Waals surface area contributed by atoms with E-state index in [0.29, 0.717) is 0 Å². The zero-order valence-electron chi connectivity index (χ0n) is 7.94. The van der Waals surface area contributed by atoms with Crippen molar-refractivity contribution in [1.29, 1.82) is 0 Å². The Balaban J connectivity index is 2.07. The lowest BCUT2D eigenvalue weighted by Crippen LogP contribution is -2.19. The zero-order valence-corrected chi connectivity index (χ0v) is 8.69. The summed E-state index contributed by atoms with van der Waals surface area (Å²) in [5.41, 5.74) is 1.73. The van der Waals surface area contributed by atoms with Crippen molar-refractivity contribution >= 4 is 17.3 Å². The second-order valence-corrected chi connectivity index (χ2v) is 3.66. The van der Waals surface area contributed by atoms with Gasteiger partial charge in [-0.05, 0) is 18.2 Å². The molecule has 0 amide bonds. The average molecular weight is 250 g/mol. The summed E-state index contributed by atoms with van der Waals surface area (Å²) < 4.78 is 40.3. The van der Waals surface area contributed by atoms with Crippen LogP contribution >= 0.6 is 11.6 Å². The fourth-order valence-corrected chi connectivity index (χ4v) is 1.38. The normalized spacial score (nSPS) is 14.1. The molecule has 1 aliphatic rings. The van der Waals surface area contributed by atoms with Gasteiger partial charge in [-0.3, -0.25) is 0 Å². The van der Waals surface area contributed by atoms with Crippen LogP contribution in [0.15, 0.2) is 24.4 Å². The SMILES string of the molecule is FC(F)(F)COc1ccc(C2=CN2)cc1Cl. The van der Waals surface area contributed by atoms with Gasteiger partial charge in [0.25, 0.3) is 0 Å². The fourth-order valence-electron chi connectivity index (χ4n) is 1.15. The molecule has 0 saturated carbocycles. The third-order valence-electron chi connectivity index (χ3n) is 1.92. The van der Waals surface area contributed by atoms with Crippen molar-refractivity contribution in [1.82, 2.24) is 5.32 Å². The standard InChI is InChI=1S/C10H7ClF3NO/c11-7-3-6(8-4-15-8)1-2-9(7)16-5-10(12,13)14/h1-4,15H,5H2. The van der Waals surface area contributed by atoms with Crippen LogP contribution in [0.5, 0.6) is 5.75 Å². The van der Waals surface area contributed by atoms with Crippen molar-refractivity contribution in [2.24, 2.45) is 0 Å². The maximum Gasteiger partial charge on any atom is 0.422 e. The largest absolute Gasteiger partial charge is 0.483 e. The van der Waals surface area contributed by atoms with Gasteiger partial charge in [-0.2, -0.15) is 13.2 Å². The van der Waals surface area contributed by atoms with Crippen molar-refractivity contribution in [3.63, 3.8) is 0 Å². The highest BCUT2D eigenvalue weighted by molar-refractivity contribution is 6.32. The molecule has 0 aliphatic carbocycles. The van der Waals surface area contributed by atoms with Crippen LogP contribution in [-0.2, 0) is 0 Å². The van der Waals surface area contributed by atoms with Gasteiger partial charge >= 0.3 is 6.18 Å². The number of hydrogen-bond donors (Lipinski definition) is 1. The molecule has 6 heteroatoms. The maximum atomic E-state index is 11.9. The Kier molecular flexibility index (Phi) is 2.71. The molecule has 1 aliphatic heterocycles. The van der Waals surface area contributed by atoms with E-state index in [1.807, 2.05) is 0 Å². The Morgan fingerprint density at radius 1 is 1.31 bits per heavy atom. The number of ether oxygens (including phenoxy) is 1. The number of hydrogen-bond acceptors (Lipinski definition) is 2. The third kappa shape index (κ3) is 2.82. The number of benzene rings is 1. The summed E-state index contributed by atoms with van der Waals surface area (Å²) in [4.78, 5) is 0. The minimum atomic E-state index is -4.36. The molecule has 1 N–H and O–H groups in total. The molecule has 0 atom stereocenters. The molecular weight excluding hydrogens is 243 g/mol. The molecule has 2 nitrogen and oxygen atoms in total. The molecule has 1 aromatic rings. The summed E-state index contributed by atoms with van der Waals surface area (Å²) in [6, 6.07) is 4.62. The Bertz CT molecular complexity index is 442. The molecule has 0 aromatic heterocycles. The maximum absolute atomic E-state index is 11.9. The van der Waals surface area contributed by atoms with Gasteiger partial charge in [0.2, 0.25) is 0 Å². The monoisotopic (exact) mass is 249 g/mol. The van der Waals surface area contributed by atoms with E-state index in [-0.39, 0.29) is 10.8 Å². The minimum Gasteiger partial charge on any atom is -0.483 e. The van der Waals surface area contributed by atoms with Crippen LogP contribution in [0.25, 0.3) is 5.70 Å². The first-order chi connectivity index (χ1) is 7.46. The lowest BCUT2D eigenvalue weighted by molar-refractivity contribution is -0.153. The number of nitrogens with one attached hydrogen (secondary N) is 1. The number of alkyl halides is 3. The highest BCUT2D eigenvalue weighted by atomic mass is 35.5. The van der Waals surface area contributed by atoms with Crippen molar-refractivity contribution in [2.45, 2.75) is 6.18 Å². The predicted molar refractivity (Wildman–Crippen MR) is 54.1 cm³/mol. The third-order valence-corrected chi connectivity index (χ3v) is 2.22. The van der Waals surface area contributed by atoms with E-state index in [2.05, 4.69) is 10.1 Å². The molecule has 0 saturated heterocycles. The first-order valence-electron chi connectivity index (χ1n) is 4.42. The van der Waals surface area contributed by atoms with E-state index in [4.69, 9.17) is 11.6 Å². The van der Waals surface area contributed by atoms with E-state index in [9.17, 15) is 13.2 Å². The van der Waals surface area contributed by atoms with E-state index in [1.165, 1.54) is 6.07 Å². The van der Waals surface area contributed by atoms with Gasteiger partial charge < -0.3 is 10.1 Å². The van der Waals surface area contributed by atoms with Crippen LogP contribution in [0.1, 0.15) is 5.56 Å². The average Bonchev–Trinajstić information content (AvgIpc) is 2.97. The van der Waals surface area contributed by atoms with Gasteiger partial charge in [-0.25, -0.2) is 0 Å². The predicted octanol–water partition coefficient (Wildman–Crippen LogP) is 3.18. The highest BCUT2D eigenvalue weighted by Crippen LogP contribution is 2.30. The topological polar surface area (TPSA) is 31.2 Å². The van der Waals surface area contributed by atoms with Crippen LogP contribution in [-0.4, -0.2) is 12.8 Å². The van der Waals surface area contributed by atoms with Crippen LogP contribution < -0.4 is 10.1 Å². The summed E-state index contributed by atoms with van der Waals surface area (Å²) in [6.07, 6.45) is -2.59. The molecule has 0 spiro atoms. The van der Waals surface area contributed by atoms with Gasteiger partial charge in [0.1, 0.15) is 5.75 Å². The first kappa shape index (κ1) is 11.1. The first-order valence-corrected chi connectivity index (χ1v) is 4.80. The molecule has 2 rings (SSSR count). The molecule has 86 valence electrons. The van der Waals surface area contributed by atoms with Crippen LogP contribution in [0, 0.1) is 0 Å². The smallest absolute Gasteiger partial charge is 0.422 e. The van der Waals surface area contributed by atoms with E-state index in [1.54, 1.807) is 18.3 Å². The summed E-state index contributed by atoms with van der Waals surface area (Å²) in [7, 11) is 0. The Labute approximate surface area is 94.7 Å². The lowest BCUT2D eigenvalue weighted by Gasteiger charge is -2.10. The molecule has 1 aromatic carbocycles. The molecule has 0 bridgehead atoms. The highest BCUT2D eigenvalue weighted by Gasteiger charge is 2.28. The minimum absolute atomic E-state index is 0.0315. The van der Waals surface area contributed by atoms with E-state index in [0.717, 1.165) is 11.3 Å². The van der Waals surface area contributed by atoms with Crippen molar-refractivity contribution < 1.29 is 17.9 Å².